The summed E-state index contributed by atoms with van der Waals surface area (Å²) in [5.41, 5.74) is -0.0940. The molecule has 0 aliphatic heterocycles. The van der Waals surface area contributed by atoms with Crippen LogP contribution in [0, 0.1) is 16.0 Å². The van der Waals surface area contributed by atoms with Gasteiger partial charge in [-0.15, -0.1) is 0 Å². The van der Waals surface area contributed by atoms with Gasteiger partial charge in [0, 0.05) is 12.6 Å². The first-order chi connectivity index (χ1) is 8.97. The minimum atomic E-state index is -0.451. The average Bonchev–Trinajstić information content (AvgIpc) is 2.35. The molecule has 7 heteroatoms. The molecule has 0 amide bonds. The van der Waals surface area contributed by atoms with E-state index in [1.54, 1.807) is 0 Å². The van der Waals surface area contributed by atoms with Crippen molar-refractivity contribution in [2.24, 2.45) is 5.92 Å². The summed E-state index contributed by atoms with van der Waals surface area (Å²) in [4.78, 5) is 18.7. The molecule has 2 N–H and O–H groups in total. The molecule has 0 saturated heterocycles. The fourth-order valence-corrected chi connectivity index (χ4v) is 1.41. The van der Waals surface area contributed by atoms with Crippen molar-refractivity contribution in [3.8, 4) is 0 Å². The summed E-state index contributed by atoms with van der Waals surface area (Å²) in [5, 5.41) is 17.2. The van der Waals surface area contributed by atoms with Crippen molar-refractivity contribution >= 4 is 17.3 Å². The highest BCUT2D eigenvalue weighted by Gasteiger charge is 2.24. The predicted octanol–water partition coefficient (Wildman–Crippen LogP) is 2.66. The largest absolute Gasteiger partial charge is 0.364 e. The maximum atomic E-state index is 11.2. The van der Waals surface area contributed by atoms with E-state index in [4.69, 9.17) is 0 Å². The number of aromatic nitrogens is 2. The molecule has 7 nitrogen and oxygen atoms in total. The fourth-order valence-electron chi connectivity index (χ4n) is 1.41. The van der Waals surface area contributed by atoms with Gasteiger partial charge in [0.2, 0.25) is 11.6 Å². The Hall–Kier alpha value is -1.92. The summed E-state index contributed by atoms with van der Waals surface area (Å²) < 4.78 is 0. The van der Waals surface area contributed by atoms with Crippen LogP contribution in [0.5, 0.6) is 0 Å². The molecule has 0 fully saturated rings. The lowest BCUT2D eigenvalue weighted by Gasteiger charge is -2.18. The Morgan fingerprint density at radius 2 is 1.95 bits per heavy atom. The van der Waals surface area contributed by atoms with E-state index in [1.165, 1.54) is 6.33 Å². The highest BCUT2D eigenvalue weighted by molar-refractivity contribution is 5.69. The highest BCUT2D eigenvalue weighted by Crippen LogP contribution is 2.29. The zero-order valence-corrected chi connectivity index (χ0v) is 11.8. The zero-order valence-electron chi connectivity index (χ0n) is 11.8. The van der Waals surface area contributed by atoms with Crippen LogP contribution in [0.3, 0.4) is 0 Å². The minimum absolute atomic E-state index is 0.0904. The van der Waals surface area contributed by atoms with Crippen LogP contribution in [-0.4, -0.2) is 27.5 Å². The van der Waals surface area contributed by atoms with Gasteiger partial charge >= 0.3 is 5.69 Å². The zero-order chi connectivity index (χ0) is 14.4. The second-order valence-corrected chi connectivity index (χ2v) is 4.78. The third-order valence-electron chi connectivity index (χ3n) is 2.91. The SMILES string of the molecule is CCCNc1ncnc(NC(C)C(C)C)c1[N+](=O)[O-]. The molecule has 0 spiro atoms. The van der Waals surface area contributed by atoms with E-state index >= 15 is 0 Å². The maximum Gasteiger partial charge on any atom is 0.353 e. The van der Waals surface area contributed by atoms with Crippen LogP contribution in [0.15, 0.2) is 6.33 Å². The Bertz CT molecular complexity index is 436. The smallest absolute Gasteiger partial charge is 0.353 e. The van der Waals surface area contributed by atoms with Crippen LogP contribution in [0.25, 0.3) is 0 Å². The van der Waals surface area contributed by atoms with Crippen molar-refractivity contribution in [1.82, 2.24) is 9.97 Å². The van der Waals surface area contributed by atoms with Gasteiger partial charge in [-0.1, -0.05) is 20.8 Å². The molecule has 1 unspecified atom stereocenters. The molecule has 1 rings (SSSR count). The van der Waals surface area contributed by atoms with Crippen LogP contribution in [0.2, 0.25) is 0 Å². The van der Waals surface area contributed by atoms with Crippen LogP contribution in [0.1, 0.15) is 34.1 Å². The van der Waals surface area contributed by atoms with E-state index in [1.807, 2.05) is 27.7 Å². The third kappa shape index (κ3) is 4.04. The van der Waals surface area contributed by atoms with Crippen molar-refractivity contribution in [1.29, 1.82) is 0 Å². The van der Waals surface area contributed by atoms with Crippen LogP contribution < -0.4 is 10.6 Å². The average molecular weight is 267 g/mol. The Balaban J connectivity index is 3.06. The summed E-state index contributed by atoms with van der Waals surface area (Å²) in [6, 6.07) is 0.0904. The minimum Gasteiger partial charge on any atom is -0.364 e. The first-order valence-corrected chi connectivity index (χ1v) is 6.47. The monoisotopic (exact) mass is 267 g/mol. The maximum absolute atomic E-state index is 11.2. The van der Waals surface area contributed by atoms with Gasteiger partial charge in [0.25, 0.3) is 0 Å². The van der Waals surface area contributed by atoms with Gasteiger partial charge in [0.1, 0.15) is 6.33 Å². The topological polar surface area (TPSA) is 93.0 Å². The van der Waals surface area contributed by atoms with Crippen molar-refractivity contribution < 1.29 is 4.92 Å². The van der Waals surface area contributed by atoms with Crippen molar-refractivity contribution in [3.63, 3.8) is 0 Å². The molecule has 0 aliphatic rings. The third-order valence-corrected chi connectivity index (χ3v) is 2.91. The van der Waals surface area contributed by atoms with Gasteiger partial charge in [-0.2, -0.15) is 0 Å². The van der Waals surface area contributed by atoms with E-state index < -0.39 is 4.92 Å². The lowest BCUT2D eigenvalue weighted by molar-refractivity contribution is -0.383. The summed E-state index contributed by atoms with van der Waals surface area (Å²) in [7, 11) is 0. The summed E-state index contributed by atoms with van der Waals surface area (Å²) in [6.07, 6.45) is 2.20. The number of rotatable bonds is 7. The fraction of sp³-hybridized carbons (Fsp3) is 0.667. The predicted molar refractivity (Wildman–Crippen MR) is 75.4 cm³/mol. The summed E-state index contributed by atoms with van der Waals surface area (Å²) in [6.45, 7) is 8.68. The first-order valence-electron chi connectivity index (χ1n) is 6.47. The normalized spacial score (nSPS) is 12.3. The number of nitrogens with one attached hydrogen (secondary N) is 2. The van der Waals surface area contributed by atoms with Crippen LogP contribution in [-0.2, 0) is 0 Å². The molecule has 106 valence electrons. The van der Waals surface area contributed by atoms with E-state index in [2.05, 4.69) is 20.6 Å². The second kappa shape index (κ2) is 6.86. The van der Waals surface area contributed by atoms with Gasteiger partial charge < -0.3 is 10.6 Å². The molecule has 0 aromatic carbocycles. The summed E-state index contributed by atoms with van der Waals surface area (Å²) in [5.74, 6) is 0.877. The van der Waals surface area contributed by atoms with Gasteiger partial charge in [0.05, 0.1) is 4.92 Å². The molecular weight excluding hydrogens is 246 g/mol. The van der Waals surface area contributed by atoms with Gasteiger partial charge in [-0.05, 0) is 19.3 Å². The molecule has 0 bridgehead atoms. The lowest BCUT2D eigenvalue weighted by atomic mass is 10.1. The Morgan fingerprint density at radius 1 is 1.32 bits per heavy atom. The van der Waals surface area contributed by atoms with Gasteiger partial charge in [-0.25, -0.2) is 9.97 Å². The molecule has 1 atom stereocenters. The molecule has 1 heterocycles. The number of anilines is 2. The summed E-state index contributed by atoms with van der Waals surface area (Å²) >= 11 is 0. The van der Waals surface area contributed by atoms with E-state index in [-0.39, 0.29) is 23.4 Å². The molecule has 0 saturated carbocycles. The Morgan fingerprint density at radius 3 is 2.47 bits per heavy atom. The van der Waals surface area contributed by atoms with E-state index in [0.29, 0.717) is 12.5 Å². The Kier molecular flexibility index (Phi) is 5.47. The van der Waals surface area contributed by atoms with Crippen LogP contribution in [0.4, 0.5) is 17.3 Å². The van der Waals surface area contributed by atoms with E-state index in [0.717, 1.165) is 6.42 Å². The van der Waals surface area contributed by atoms with Crippen LogP contribution >= 0.6 is 0 Å². The molecule has 0 aliphatic carbocycles. The Labute approximate surface area is 113 Å². The van der Waals surface area contributed by atoms with Crippen molar-refractivity contribution in [2.45, 2.75) is 40.2 Å². The number of nitro groups is 1. The first kappa shape index (κ1) is 15.1. The quantitative estimate of drug-likeness (QED) is 0.582. The van der Waals surface area contributed by atoms with E-state index in [9.17, 15) is 10.1 Å². The standard InChI is InChI=1S/C12H21N5O2/c1-5-6-13-11-10(17(18)19)12(15-7-14-11)16-9(4)8(2)3/h7-9H,5-6H2,1-4H3,(H2,13,14,15,16). The molecule has 19 heavy (non-hydrogen) atoms. The highest BCUT2D eigenvalue weighted by atomic mass is 16.6. The van der Waals surface area contributed by atoms with Crippen molar-refractivity contribution in [3.05, 3.63) is 16.4 Å². The molecule has 1 aromatic rings. The molecule has 0 radical (unpaired) electrons. The molecular formula is C12H21N5O2. The number of hydrogen-bond acceptors (Lipinski definition) is 6. The number of nitrogens with zero attached hydrogens (tertiary/aromatic N) is 3. The molecule has 1 aromatic heterocycles. The van der Waals surface area contributed by atoms with Gasteiger partial charge in [0.15, 0.2) is 0 Å². The second-order valence-electron chi connectivity index (χ2n) is 4.78. The number of hydrogen-bond donors (Lipinski definition) is 2. The van der Waals surface area contributed by atoms with Gasteiger partial charge in [-0.3, -0.25) is 10.1 Å². The van der Waals surface area contributed by atoms with Crippen molar-refractivity contribution in [2.75, 3.05) is 17.2 Å². The lowest BCUT2D eigenvalue weighted by Crippen LogP contribution is -2.23.